The minimum absolute atomic E-state index is 0.813. The molecule has 1 saturated heterocycles. The van der Waals surface area contributed by atoms with Gasteiger partial charge in [0.25, 0.3) is 0 Å². The minimum atomic E-state index is 0.813. The molecule has 1 unspecified atom stereocenters. The molecule has 15 heavy (non-hydrogen) atoms. The maximum atomic E-state index is 5.39. The fourth-order valence-electron chi connectivity index (χ4n) is 1.99. The summed E-state index contributed by atoms with van der Waals surface area (Å²) in [6.45, 7) is 14.2. The van der Waals surface area contributed by atoms with Gasteiger partial charge in [0, 0.05) is 19.7 Å². The molecule has 1 fully saturated rings. The van der Waals surface area contributed by atoms with Crippen molar-refractivity contribution in [3.63, 3.8) is 0 Å². The first-order valence-corrected chi connectivity index (χ1v) is 6.28. The first-order chi connectivity index (χ1) is 7.27. The van der Waals surface area contributed by atoms with Gasteiger partial charge in [-0.3, -0.25) is 0 Å². The van der Waals surface area contributed by atoms with Gasteiger partial charge >= 0.3 is 0 Å². The summed E-state index contributed by atoms with van der Waals surface area (Å²) < 4.78 is 5.39. The Balaban J connectivity index is 2.13. The first kappa shape index (κ1) is 12.9. The third-order valence-corrected chi connectivity index (χ3v) is 3.37. The molecule has 1 aliphatic rings. The predicted octanol–water partition coefficient (Wildman–Crippen LogP) is 1.20. The van der Waals surface area contributed by atoms with E-state index in [1.165, 1.54) is 19.6 Å². The highest BCUT2D eigenvalue weighted by Gasteiger charge is 2.24. The lowest BCUT2D eigenvalue weighted by Crippen LogP contribution is -2.48. The highest BCUT2D eigenvalue weighted by Crippen LogP contribution is 2.16. The lowest BCUT2D eigenvalue weighted by atomic mass is 9.88. The monoisotopic (exact) mass is 214 g/mol. The van der Waals surface area contributed by atoms with Crippen LogP contribution in [0, 0.1) is 11.8 Å². The zero-order valence-corrected chi connectivity index (χ0v) is 10.5. The van der Waals surface area contributed by atoms with Crippen LogP contribution in [-0.4, -0.2) is 50.8 Å². The van der Waals surface area contributed by atoms with Gasteiger partial charge in [-0.05, 0) is 38.4 Å². The van der Waals surface area contributed by atoms with E-state index in [0.717, 1.165) is 38.1 Å². The molecular formula is C12H26N2O. The smallest absolute Gasteiger partial charge is 0.0593 e. The van der Waals surface area contributed by atoms with Crippen molar-refractivity contribution in [1.82, 2.24) is 10.2 Å². The standard InChI is InChI=1S/C12H26N2O/c1-4-14(6-7-15-5-2)10-11(3)12-8-13-9-12/h11-13H,4-10H2,1-3H3. The Morgan fingerprint density at radius 3 is 2.60 bits per heavy atom. The van der Waals surface area contributed by atoms with Crippen molar-refractivity contribution in [2.45, 2.75) is 20.8 Å². The molecule has 0 aromatic carbocycles. The van der Waals surface area contributed by atoms with Crippen molar-refractivity contribution >= 4 is 0 Å². The molecule has 0 radical (unpaired) electrons. The molecule has 1 rings (SSSR count). The van der Waals surface area contributed by atoms with Gasteiger partial charge in [0.1, 0.15) is 0 Å². The number of nitrogens with zero attached hydrogens (tertiary/aromatic N) is 1. The van der Waals surface area contributed by atoms with Crippen LogP contribution in [0.25, 0.3) is 0 Å². The first-order valence-electron chi connectivity index (χ1n) is 6.28. The Bertz CT molecular complexity index is 160. The molecule has 0 aromatic heterocycles. The topological polar surface area (TPSA) is 24.5 Å². The number of hydrogen-bond donors (Lipinski definition) is 1. The van der Waals surface area contributed by atoms with Crippen molar-refractivity contribution in [3.8, 4) is 0 Å². The zero-order valence-electron chi connectivity index (χ0n) is 10.5. The summed E-state index contributed by atoms with van der Waals surface area (Å²) in [6, 6.07) is 0. The Morgan fingerprint density at radius 1 is 1.40 bits per heavy atom. The predicted molar refractivity (Wildman–Crippen MR) is 64.1 cm³/mol. The maximum absolute atomic E-state index is 5.39. The van der Waals surface area contributed by atoms with Crippen molar-refractivity contribution in [3.05, 3.63) is 0 Å². The van der Waals surface area contributed by atoms with E-state index >= 15 is 0 Å². The highest BCUT2D eigenvalue weighted by atomic mass is 16.5. The molecule has 3 heteroatoms. The maximum Gasteiger partial charge on any atom is 0.0593 e. The number of rotatable bonds is 8. The van der Waals surface area contributed by atoms with Crippen LogP contribution >= 0.6 is 0 Å². The second-order valence-electron chi connectivity index (χ2n) is 4.49. The van der Waals surface area contributed by atoms with E-state index in [9.17, 15) is 0 Å². The molecule has 90 valence electrons. The molecule has 1 heterocycles. The summed E-state index contributed by atoms with van der Waals surface area (Å²) >= 11 is 0. The number of nitrogens with one attached hydrogen (secondary N) is 1. The van der Waals surface area contributed by atoms with Crippen LogP contribution in [0.1, 0.15) is 20.8 Å². The fourth-order valence-corrected chi connectivity index (χ4v) is 1.99. The molecule has 1 aliphatic heterocycles. The van der Waals surface area contributed by atoms with Gasteiger partial charge in [0.2, 0.25) is 0 Å². The Labute approximate surface area is 94.2 Å². The van der Waals surface area contributed by atoms with Crippen molar-refractivity contribution < 1.29 is 4.74 Å². The Morgan fingerprint density at radius 2 is 2.13 bits per heavy atom. The second kappa shape index (κ2) is 7.20. The SMILES string of the molecule is CCOCCN(CC)CC(C)C1CNC1. The van der Waals surface area contributed by atoms with Crippen LogP contribution in [0.4, 0.5) is 0 Å². The van der Waals surface area contributed by atoms with E-state index in [4.69, 9.17) is 4.74 Å². The average Bonchev–Trinajstić information content (AvgIpc) is 2.13. The average molecular weight is 214 g/mol. The lowest BCUT2D eigenvalue weighted by Gasteiger charge is -2.35. The van der Waals surface area contributed by atoms with Crippen LogP contribution in [0.2, 0.25) is 0 Å². The fraction of sp³-hybridized carbons (Fsp3) is 1.00. The van der Waals surface area contributed by atoms with E-state index in [1.807, 2.05) is 0 Å². The van der Waals surface area contributed by atoms with Crippen LogP contribution in [0.5, 0.6) is 0 Å². The number of ether oxygens (including phenoxy) is 1. The molecule has 1 atom stereocenters. The Hall–Kier alpha value is -0.120. The molecule has 0 spiro atoms. The van der Waals surface area contributed by atoms with Crippen molar-refractivity contribution in [2.75, 3.05) is 45.9 Å². The summed E-state index contributed by atoms with van der Waals surface area (Å²) in [5.74, 6) is 1.71. The number of hydrogen-bond acceptors (Lipinski definition) is 3. The van der Waals surface area contributed by atoms with Crippen LogP contribution in [0.3, 0.4) is 0 Å². The van der Waals surface area contributed by atoms with Crippen LogP contribution in [0.15, 0.2) is 0 Å². The van der Waals surface area contributed by atoms with Gasteiger partial charge in [-0.25, -0.2) is 0 Å². The third kappa shape index (κ3) is 4.49. The summed E-state index contributed by atoms with van der Waals surface area (Å²) in [5.41, 5.74) is 0. The summed E-state index contributed by atoms with van der Waals surface area (Å²) in [7, 11) is 0. The molecule has 1 N–H and O–H groups in total. The third-order valence-electron chi connectivity index (χ3n) is 3.37. The quantitative estimate of drug-likeness (QED) is 0.615. The molecule has 0 saturated carbocycles. The van der Waals surface area contributed by atoms with E-state index in [-0.39, 0.29) is 0 Å². The van der Waals surface area contributed by atoms with Gasteiger partial charge in [0.05, 0.1) is 6.61 Å². The van der Waals surface area contributed by atoms with E-state index in [1.54, 1.807) is 0 Å². The van der Waals surface area contributed by atoms with Crippen LogP contribution in [-0.2, 0) is 4.74 Å². The zero-order chi connectivity index (χ0) is 11.1. The van der Waals surface area contributed by atoms with Gasteiger partial charge in [-0.2, -0.15) is 0 Å². The van der Waals surface area contributed by atoms with Gasteiger partial charge in [-0.15, -0.1) is 0 Å². The summed E-state index contributed by atoms with van der Waals surface area (Å²) in [4.78, 5) is 2.50. The molecule has 0 amide bonds. The molecule has 0 aromatic rings. The lowest BCUT2D eigenvalue weighted by molar-refractivity contribution is 0.0988. The summed E-state index contributed by atoms with van der Waals surface area (Å²) in [6.07, 6.45) is 0. The second-order valence-corrected chi connectivity index (χ2v) is 4.49. The normalized spacial score (nSPS) is 19.2. The minimum Gasteiger partial charge on any atom is -0.380 e. The Kier molecular flexibility index (Phi) is 6.22. The van der Waals surface area contributed by atoms with Crippen molar-refractivity contribution in [1.29, 1.82) is 0 Å². The van der Waals surface area contributed by atoms with Gasteiger partial charge in [0.15, 0.2) is 0 Å². The van der Waals surface area contributed by atoms with E-state index in [2.05, 4.69) is 31.0 Å². The van der Waals surface area contributed by atoms with E-state index in [0.29, 0.717) is 0 Å². The summed E-state index contributed by atoms with van der Waals surface area (Å²) in [5, 5.41) is 3.34. The van der Waals surface area contributed by atoms with Crippen LogP contribution < -0.4 is 5.32 Å². The van der Waals surface area contributed by atoms with E-state index < -0.39 is 0 Å². The molecule has 3 nitrogen and oxygen atoms in total. The molecular weight excluding hydrogens is 188 g/mol. The highest BCUT2D eigenvalue weighted by molar-refractivity contribution is 4.80. The van der Waals surface area contributed by atoms with Crippen molar-refractivity contribution in [2.24, 2.45) is 11.8 Å². The number of likely N-dealkylation sites (N-methyl/N-ethyl adjacent to an activating group) is 1. The largest absolute Gasteiger partial charge is 0.380 e. The molecule has 0 aliphatic carbocycles. The molecule has 0 bridgehead atoms. The van der Waals surface area contributed by atoms with Gasteiger partial charge in [-0.1, -0.05) is 13.8 Å². The van der Waals surface area contributed by atoms with Gasteiger partial charge < -0.3 is 15.0 Å².